The molecular weight excluding hydrogens is 306 g/mol. The second kappa shape index (κ2) is 6.70. The van der Waals surface area contributed by atoms with E-state index in [1.165, 1.54) is 70.8 Å². The van der Waals surface area contributed by atoms with E-state index in [0.29, 0.717) is 11.5 Å². The third-order valence-corrected chi connectivity index (χ3v) is 7.92. The molecule has 3 aliphatic carbocycles. The second-order valence-corrected chi connectivity index (χ2v) is 9.16. The average molecular weight is 340 g/mol. The molecule has 25 heavy (non-hydrogen) atoms. The van der Waals surface area contributed by atoms with Crippen LogP contribution in [0.25, 0.3) is 0 Å². The molecular formula is C23H33NO. The Bertz CT molecular complexity index is 579. The van der Waals surface area contributed by atoms with E-state index in [2.05, 4.69) is 29.6 Å². The standard InChI is InChI=1S/C16H21N.C7H12O/c1-2-6-13-12(5-1)11-15-14-7-3-4-8-16(13,14)9-10-17-15;1-3-7-4-2-6(1)5-8-7/h1-2,5-6,14-15,17H,3-4,7-11H2;6-7H,1-5H2/t14-,15+,16-;/m0./s1. The Balaban J connectivity index is 0.000000146. The van der Waals surface area contributed by atoms with Crippen LogP contribution in [0.1, 0.15) is 68.9 Å². The number of fused-ring (bicyclic) bond motifs is 4. The minimum Gasteiger partial charge on any atom is -0.378 e. The third-order valence-electron chi connectivity index (χ3n) is 7.92. The molecule has 5 fully saturated rings. The minimum atomic E-state index is 0.545. The molecule has 7 rings (SSSR count). The number of nitrogens with one attached hydrogen (secondary N) is 1. The molecule has 3 saturated heterocycles. The summed E-state index contributed by atoms with van der Waals surface area (Å²) in [5.74, 6) is 1.85. The van der Waals surface area contributed by atoms with Crippen molar-refractivity contribution in [2.45, 2.75) is 81.8 Å². The lowest BCUT2D eigenvalue weighted by molar-refractivity contribution is -0.0615. The van der Waals surface area contributed by atoms with Gasteiger partial charge in [0.1, 0.15) is 0 Å². The van der Waals surface area contributed by atoms with Gasteiger partial charge in [0.25, 0.3) is 0 Å². The molecule has 1 N–H and O–H groups in total. The summed E-state index contributed by atoms with van der Waals surface area (Å²) in [6.07, 6.45) is 14.6. The fraction of sp³-hybridized carbons (Fsp3) is 0.739. The van der Waals surface area contributed by atoms with E-state index in [0.717, 1.165) is 24.5 Å². The van der Waals surface area contributed by atoms with Gasteiger partial charge < -0.3 is 10.1 Å². The van der Waals surface area contributed by atoms with E-state index >= 15 is 0 Å². The molecule has 1 aromatic carbocycles. The number of benzene rings is 1. The van der Waals surface area contributed by atoms with E-state index in [9.17, 15) is 0 Å². The first-order valence-corrected chi connectivity index (χ1v) is 10.8. The van der Waals surface area contributed by atoms with Crippen LogP contribution in [0.15, 0.2) is 24.3 Å². The summed E-state index contributed by atoms with van der Waals surface area (Å²) >= 11 is 0. The minimum absolute atomic E-state index is 0.545. The number of ether oxygens (including phenoxy) is 1. The maximum Gasteiger partial charge on any atom is 0.0575 e. The summed E-state index contributed by atoms with van der Waals surface area (Å²) in [6.45, 7) is 2.29. The lowest BCUT2D eigenvalue weighted by Crippen LogP contribution is -2.59. The van der Waals surface area contributed by atoms with Crippen LogP contribution >= 0.6 is 0 Å². The zero-order chi connectivity index (χ0) is 16.7. The van der Waals surface area contributed by atoms with Crippen LogP contribution in [-0.4, -0.2) is 25.3 Å². The highest BCUT2D eigenvalue weighted by molar-refractivity contribution is 5.41. The van der Waals surface area contributed by atoms with Gasteiger partial charge in [-0.15, -0.1) is 0 Å². The normalized spacial score (nSPS) is 41.1. The summed E-state index contributed by atoms with van der Waals surface area (Å²) in [7, 11) is 0. The fourth-order valence-corrected chi connectivity index (χ4v) is 6.63. The lowest BCUT2D eigenvalue weighted by Gasteiger charge is -2.56. The van der Waals surface area contributed by atoms with Crippen molar-refractivity contribution in [1.82, 2.24) is 5.32 Å². The fourth-order valence-electron chi connectivity index (χ4n) is 6.63. The molecule has 2 nitrogen and oxygen atoms in total. The molecule has 3 aliphatic heterocycles. The molecule has 136 valence electrons. The summed E-state index contributed by atoms with van der Waals surface area (Å²) in [5, 5.41) is 3.79. The monoisotopic (exact) mass is 339 g/mol. The van der Waals surface area contributed by atoms with Crippen molar-refractivity contribution in [3.05, 3.63) is 35.4 Å². The molecule has 3 atom stereocenters. The zero-order valence-electron chi connectivity index (χ0n) is 15.5. The van der Waals surface area contributed by atoms with Gasteiger partial charge in [-0.25, -0.2) is 0 Å². The lowest BCUT2D eigenvalue weighted by atomic mass is 9.53. The van der Waals surface area contributed by atoms with Crippen LogP contribution in [0.5, 0.6) is 0 Å². The van der Waals surface area contributed by atoms with E-state index in [1.54, 1.807) is 11.1 Å². The SMILES string of the molecule is C1CC2CCC1CO2.c1ccc2c(c1)C[C@H]1NCC[C@@]23CCCC[C@@H]13. The number of hydrogen-bond donors (Lipinski definition) is 1. The van der Waals surface area contributed by atoms with Gasteiger partial charge in [0.2, 0.25) is 0 Å². The van der Waals surface area contributed by atoms with Crippen LogP contribution in [0, 0.1) is 11.8 Å². The van der Waals surface area contributed by atoms with Gasteiger partial charge in [0.15, 0.2) is 0 Å². The van der Waals surface area contributed by atoms with Gasteiger partial charge in [-0.2, -0.15) is 0 Å². The molecule has 0 amide bonds. The summed E-state index contributed by atoms with van der Waals surface area (Å²) in [6, 6.07) is 10.0. The molecule has 0 unspecified atom stereocenters. The average Bonchev–Trinajstić information content (AvgIpc) is 2.70. The number of rotatable bonds is 0. The van der Waals surface area contributed by atoms with Gasteiger partial charge >= 0.3 is 0 Å². The molecule has 6 aliphatic rings. The first-order chi connectivity index (χ1) is 12.4. The quantitative estimate of drug-likeness (QED) is 0.745. The van der Waals surface area contributed by atoms with Crippen LogP contribution in [0.2, 0.25) is 0 Å². The zero-order valence-corrected chi connectivity index (χ0v) is 15.5. The Hall–Kier alpha value is -0.860. The summed E-state index contributed by atoms with van der Waals surface area (Å²) < 4.78 is 5.48. The topological polar surface area (TPSA) is 21.3 Å². The van der Waals surface area contributed by atoms with E-state index in [4.69, 9.17) is 4.74 Å². The van der Waals surface area contributed by atoms with E-state index < -0.39 is 0 Å². The van der Waals surface area contributed by atoms with Crippen molar-refractivity contribution in [2.24, 2.45) is 11.8 Å². The summed E-state index contributed by atoms with van der Waals surface area (Å²) in [5.41, 5.74) is 3.88. The highest BCUT2D eigenvalue weighted by Crippen LogP contribution is 2.53. The molecule has 3 heterocycles. The van der Waals surface area contributed by atoms with Crippen molar-refractivity contribution >= 4 is 0 Å². The molecule has 2 heteroatoms. The van der Waals surface area contributed by atoms with Gasteiger partial charge in [0.05, 0.1) is 6.10 Å². The van der Waals surface area contributed by atoms with Crippen LogP contribution < -0.4 is 5.32 Å². The molecule has 4 bridgehead atoms. The molecule has 0 radical (unpaired) electrons. The molecule has 0 aromatic heterocycles. The van der Waals surface area contributed by atoms with Gasteiger partial charge in [-0.3, -0.25) is 0 Å². The molecule has 1 aromatic rings. The summed E-state index contributed by atoms with van der Waals surface area (Å²) in [4.78, 5) is 0. The van der Waals surface area contributed by atoms with Gasteiger partial charge in [-0.1, -0.05) is 37.1 Å². The number of hydrogen-bond acceptors (Lipinski definition) is 2. The Morgan fingerprint density at radius 3 is 2.56 bits per heavy atom. The van der Waals surface area contributed by atoms with Crippen LogP contribution in [-0.2, 0) is 16.6 Å². The van der Waals surface area contributed by atoms with Crippen molar-refractivity contribution in [2.75, 3.05) is 13.2 Å². The first kappa shape index (κ1) is 16.3. The Kier molecular flexibility index (Phi) is 4.38. The highest BCUT2D eigenvalue weighted by atomic mass is 16.5. The van der Waals surface area contributed by atoms with E-state index in [1.807, 2.05) is 0 Å². The van der Waals surface area contributed by atoms with Gasteiger partial charge in [-0.05, 0) is 80.9 Å². The Morgan fingerprint density at radius 1 is 0.960 bits per heavy atom. The maximum absolute atomic E-state index is 5.48. The van der Waals surface area contributed by atoms with Crippen molar-refractivity contribution < 1.29 is 4.74 Å². The van der Waals surface area contributed by atoms with Crippen molar-refractivity contribution in [3.63, 3.8) is 0 Å². The largest absolute Gasteiger partial charge is 0.378 e. The third kappa shape index (κ3) is 2.86. The van der Waals surface area contributed by atoms with Crippen molar-refractivity contribution in [1.29, 1.82) is 0 Å². The first-order valence-electron chi connectivity index (χ1n) is 10.8. The van der Waals surface area contributed by atoms with E-state index in [-0.39, 0.29) is 0 Å². The van der Waals surface area contributed by atoms with Gasteiger partial charge in [0, 0.05) is 18.1 Å². The highest BCUT2D eigenvalue weighted by Gasteiger charge is 2.51. The Morgan fingerprint density at radius 2 is 1.84 bits per heavy atom. The second-order valence-electron chi connectivity index (χ2n) is 9.16. The number of piperidine rings is 1. The smallest absolute Gasteiger partial charge is 0.0575 e. The molecule has 0 spiro atoms. The predicted molar refractivity (Wildman–Crippen MR) is 102 cm³/mol. The molecule has 2 saturated carbocycles. The maximum atomic E-state index is 5.48. The van der Waals surface area contributed by atoms with Crippen LogP contribution in [0.4, 0.5) is 0 Å². The predicted octanol–water partition coefficient (Wildman–Crippen LogP) is 4.61. The Labute approximate surface area is 152 Å². The van der Waals surface area contributed by atoms with Crippen molar-refractivity contribution in [3.8, 4) is 0 Å². The van der Waals surface area contributed by atoms with Crippen LogP contribution in [0.3, 0.4) is 0 Å².